The molecule has 0 fully saturated rings. The molecule has 0 spiro atoms. The van der Waals surface area contributed by atoms with E-state index in [0.717, 1.165) is 33.7 Å². The molecule has 6 heteroatoms. The molecule has 1 aliphatic heterocycles. The van der Waals surface area contributed by atoms with Gasteiger partial charge in [-0.25, -0.2) is 9.82 Å². The van der Waals surface area contributed by atoms with Crippen LogP contribution in [-0.2, 0) is 6.54 Å². The lowest BCUT2D eigenvalue weighted by molar-refractivity contribution is 0.623. The van der Waals surface area contributed by atoms with Crippen molar-refractivity contribution in [3.63, 3.8) is 0 Å². The molecule has 0 aliphatic carbocycles. The normalized spacial score (nSPS) is 11.4. The summed E-state index contributed by atoms with van der Waals surface area (Å²) in [6.45, 7) is 13.2. The van der Waals surface area contributed by atoms with Crippen LogP contribution in [0, 0.1) is 19.7 Å². The summed E-state index contributed by atoms with van der Waals surface area (Å²) in [6.07, 6.45) is 5.42. The van der Waals surface area contributed by atoms with E-state index in [4.69, 9.17) is 5.73 Å². The lowest BCUT2D eigenvalue weighted by Crippen LogP contribution is -2.20. The van der Waals surface area contributed by atoms with Crippen LogP contribution in [0.25, 0.3) is 16.8 Å². The van der Waals surface area contributed by atoms with Crippen LogP contribution < -0.4 is 16.6 Å². The summed E-state index contributed by atoms with van der Waals surface area (Å²) in [6, 6.07) is 12.9. The molecular weight excluding hydrogens is 401 g/mol. The Morgan fingerprint density at radius 3 is 2.31 bits per heavy atom. The van der Waals surface area contributed by atoms with Gasteiger partial charge in [0.05, 0.1) is 5.69 Å². The Kier molecular flexibility index (Phi) is 12.5. The van der Waals surface area contributed by atoms with E-state index in [-0.39, 0.29) is 7.24 Å². The van der Waals surface area contributed by atoms with Crippen LogP contribution in [0.15, 0.2) is 61.1 Å². The van der Waals surface area contributed by atoms with E-state index in [1.54, 1.807) is 18.3 Å². The molecule has 0 saturated heterocycles. The first-order valence-corrected chi connectivity index (χ1v) is 11.1. The molecule has 174 valence electrons. The number of halogens is 1. The number of hydrogen-bond acceptors (Lipinski definition) is 5. The zero-order chi connectivity index (χ0) is 23.9. The number of pyridine rings is 2. The molecule has 32 heavy (non-hydrogen) atoms. The SMILES string of the molecule is CC.CC.Cc1cc(-c2ncc(CN)cc2C)ccn1.Fc1ccccc1C1=CNNC1.[HH]. The van der Waals surface area contributed by atoms with Gasteiger partial charge >= 0.3 is 0 Å². The van der Waals surface area contributed by atoms with Gasteiger partial charge in [0.2, 0.25) is 0 Å². The Morgan fingerprint density at radius 2 is 1.75 bits per heavy atom. The topological polar surface area (TPSA) is 75.9 Å². The molecule has 3 heterocycles. The summed E-state index contributed by atoms with van der Waals surface area (Å²) in [5.41, 5.74) is 18.2. The van der Waals surface area contributed by atoms with Crippen LogP contribution in [0.2, 0.25) is 0 Å². The van der Waals surface area contributed by atoms with Crippen LogP contribution in [-0.4, -0.2) is 16.5 Å². The summed E-state index contributed by atoms with van der Waals surface area (Å²) >= 11 is 0. The van der Waals surface area contributed by atoms with Crippen molar-refractivity contribution in [2.24, 2.45) is 5.73 Å². The van der Waals surface area contributed by atoms with E-state index >= 15 is 0 Å². The minimum absolute atomic E-state index is 0. The van der Waals surface area contributed by atoms with E-state index < -0.39 is 0 Å². The molecule has 5 nitrogen and oxygen atoms in total. The number of aryl methyl sites for hydroxylation is 2. The molecule has 0 saturated carbocycles. The Bertz CT molecular complexity index is 992. The Balaban J connectivity index is 0.000000539. The van der Waals surface area contributed by atoms with Crippen LogP contribution in [0.5, 0.6) is 0 Å². The summed E-state index contributed by atoms with van der Waals surface area (Å²) in [4.78, 5) is 8.63. The number of nitrogens with one attached hydrogen (secondary N) is 2. The van der Waals surface area contributed by atoms with Gasteiger partial charge in [0, 0.05) is 49.9 Å². The lowest BCUT2D eigenvalue weighted by atomic mass is 10.1. The average molecular weight is 440 g/mol. The van der Waals surface area contributed by atoms with Crippen molar-refractivity contribution < 1.29 is 5.82 Å². The summed E-state index contributed by atoms with van der Waals surface area (Å²) < 4.78 is 13.1. The largest absolute Gasteiger partial charge is 0.328 e. The first kappa shape index (κ1) is 26.9. The van der Waals surface area contributed by atoms with E-state index in [2.05, 4.69) is 33.8 Å². The molecule has 1 aliphatic rings. The maximum Gasteiger partial charge on any atom is 0.130 e. The van der Waals surface area contributed by atoms with Gasteiger partial charge in [-0.15, -0.1) is 0 Å². The van der Waals surface area contributed by atoms with Crippen molar-refractivity contribution in [1.29, 1.82) is 0 Å². The molecular formula is C26H38FN5. The van der Waals surface area contributed by atoms with E-state index in [1.807, 2.05) is 65.2 Å². The molecule has 4 N–H and O–H groups in total. The van der Waals surface area contributed by atoms with Crippen molar-refractivity contribution >= 4 is 5.57 Å². The molecule has 2 aromatic heterocycles. The van der Waals surface area contributed by atoms with E-state index in [1.165, 1.54) is 6.07 Å². The first-order chi connectivity index (χ1) is 15.6. The van der Waals surface area contributed by atoms with E-state index in [9.17, 15) is 4.39 Å². The van der Waals surface area contributed by atoms with Gasteiger partial charge in [-0.3, -0.25) is 9.97 Å². The third-order valence-corrected chi connectivity index (χ3v) is 4.39. The van der Waals surface area contributed by atoms with Gasteiger partial charge in [-0.2, -0.15) is 0 Å². The van der Waals surface area contributed by atoms with Gasteiger partial charge in [0.25, 0.3) is 0 Å². The smallest absolute Gasteiger partial charge is 0.130 e. The summed E-state index contributed by atoms with van der Waals surface area (Å²) in [5, 5.41) is 0. The number of hydrazine groups is 1. The Morgan fingerprint density at radius 1 is 1.03 bits per heavy atom. The second-order valence-electron chi connectivity index (χ2n) is 6.55. The highest BCUT2D eigenvalue weighted by Crippen LogP contribution is 2.21. The van der Waals surface area contributed by atoms with Gasteiger partial charge < -0.3 is 11.2 Å². The number of nitrogens with zero attached hydrogens (tertiary/aromatic N) is 2. The van der Waals surface area contributed by atoms with Gasteiger partial charge in [0.1, 0.15) is 5.82 Å². The van der Waals surface area contributed by atoms with Crippen molar-refractivity contribution in [2.45, 2.75) is 48.1 Å². The van der Waals surface area contributed by atoms with Crippen molar-refractivity contribution in [1.82, 2.24) is 20.8 Å². The molecule has 0 atom stereocenters. The molecule has 0 radical (unpaired) electrons. The third kappa shape index (κ3) is 7.87. The predicted molar refractivity (Wildman–Crippen MR) is 135 cm³/mol. The third-order valence-electron chi connectivity index (χ3n) is 4.39. The van der Waals surface area contributed by atoms with Crippen LogP contribution >= 0.6 is 0 Å². The van der Waals surface area contributed by atoms with Crippen LogP contribution in [0.1, 0.15) is 51.5 Å². The number of benzene rings is 1. The number of hydrogen-bond donors (Lipinski definition) is 3. The molecule has 4 rings (SSSR count). The fraction of sp³-hybridized carbons (Fsp3) is 0.308. The number of rotatable bonds is 3. The van der Waals surface area contributed by atoms with E-state index in [0.29, 0.717) is 18.7 Å². The van der Waals surface area contributed by atoms with Gasteiger partial charge in [0.15, 0.2) is 0 Å². The standard InChI is InChI=1S/C13H15N3.C9H9FN2.2C2H6.H2/c1-9-5-11(7-14)8-16-13(9)12-3-4-15-10(2)6-12;10-9-4-2-1-3-8(9)7-5-11-12-6-7;2*1-2;/h3-6,8H,7,14H2,1-2H3;1-5,11-12H,6H2;2*1-2H3;1H. The number of nitrogens with two attached hydrogens (primary N) is 1. The highest BCUT2D eigenvalue weighted by molar-refractivity contribution is 5.68. The van der Waals surface area contributed by atoms with Crippen molar-refractivity contribution in [2.75, 3.05) is 6.54 Å². The fourth-order valence-electron chi connectivity index (χ4n) is 2.97. The minimum atomic E-state index is -0.172. The van der Waals surface area contributed by atoms with Crippen LogP contribution in [0.4, 0.5) is 4.39 Å². The van der Waals surface area contributed by atoms with Gasteiger partial charge in [-0.05, 0) is 48.7 Å². The lowest BCUT2D eigenvalue weighted by Gasteiger charge is -2.07. The minimum Gasteiger partial charge on any atom is -0.328 e. The zero-order valence-corrected chi connectivity index (χ0v) is 20.0. The quantitative estimate of drug-likeness (QED) is 0.481. The highest BCUT2D eigenvalue weighted by Gasteiger charge is 2.09. The average Bonchev–Trinajstić information content (AvgIpc) is 3.37. The zero-order valence-electron chi connectivity index (χ0n) is 20.0. The highest BCUT2D eigenvalue weighted by atomic mass is 19.1. The Hall–Kier alpha value is -3.09. The predicted octanol–water partition coefficient (Wildman–Crippen LogP) is 5.79. The second-order valence-corrected chi connectivity index (χ2v) is 6.55. The van der Waals surface area contributed by atoms with Crippen molar-refractivity contribution in [3.8, 4) is 11.3 Å². The molecule has 3 aromatic rings. The maximum absolute atomic E-state index is 13.1. The van der Waals surface area contributed by atoms with Crippen LogP contribution in [0.3, 0.4) is 0 Å². The summed E-state index contributed by atoms with van der Waals surface area (Å²) in [5.74, 6) is -0.172. The monoisotopic (exact) mass is 439 g/mol. The van der Waals surface area contributed by atoms with Gasteiger partial charge in [-0.1, -0.05) is 52.0 Å². The molecule has 1 aromatic carbocycles. The first-order valence-electron chi connectivity index (χ1n) is 11.1. The van der Waals surface area contributed by atoms with Crippen molar-refractivity contribution in [3.05, 3.63) is 89.3 Å². The second kappa shape index (κ2) is 14.8. The molecule has 0 bridgehead atoms. The molecule has 0 unspecified atom stereocenters. The maximum atomic E-state index is 13.1. The fourth-order valence-corrected chi connectivity index (χ4v) is 2.97. The molecule has 0 amide bonds. The number of aromatic nitrogens is 2. The summed E-state index contributed by atoms with van der Waals surface area (Å²) in [7, 11) is 0. The Labute approximate surface area is 193 Å².